The third-order valence-electron chi connectivity index (χ3n) is 6.72. The monoisotopic (exact) mass is 468 g/mol. The molecule has 2 fully saturated rings. The zero-order valence-electron chi connectivity index (χ0n) is 18.4. The Morgan fingerprint density at radius 2 is 1.76 bits per heavy atom. The third kappa shape index (κ3) is 5.93. The first-order valence-corrected chi connectivity index (χ1v) is 12.0. The van der Waals surface area contributed by atoms with E-state index in [9.17, 15) is 19.5 Å². The highest BCUT2D eigenvalue weighted by molar-refractivity contribution is 6.31. The van der Waals surface area contributed by atoms with Crippen LogP contribution in [-0.2, 0) is 16.1 Å². The minimum atomic E-state index is -0.965. The molecule has 1 unspecified atom stereocenters. The topological polar surface area (TPSA) is 95.5 Å². The van der Waals surface area contributed by atoms with Crippen molar-refractivity contribution in [1.82, 2.24) is 10.6 Å². The van der Waals surface area contributed by atoms with Crippen molar-refractivity contribution in [1.29, 1.82) is 0 Å². The van der Waals surface area contributed by atoms with Crippen molar-refractivity contribution < 1.29 is 19.5 Å². The van der Waals surface area contributed by atoms with Gasteiger partial charge in [-0.2, -0.15) is 0 Å². The van der Waals surface area contributed by atoms with Gasteiger partial charge in [-0.15, -0.1) is 0 Å². The lowest BCUT2D eigenvalue weighted by Gasteiger charge is -2.28. The number of carboxylic acids is 1. The predicted molar refractivity (Wildman–Crippen MR) is 126 cm³/mol. The van der Waals surface area contributed by atoms with E-state index in [2.05, 4.69) is 10.6 Å². The van der Waals surface area contributed by atoms with E-state index in [1.54, 1.807) is 18.2 Å². The van der Waals surface area contributed by atoms with Gasteiger partial charge in [0.1, 0.15) is 6.04 Å². The largest absolute Gasteiger partial charge is 0.480 e. The van der Waals surface area contributed by atoms with Crippen molar-refractivity contribution in [2.45, 2.75) is 57.0 Å². The maximum Gasteiger partial charge on any atom is 0.326 e. The van der Waals surface area contributed by atoms with Crippen molar-refractivity contribution in [3.8, 4) is 0 Å². The second-order valence-electron chi connectivity index (χ2n) is 9.11. The van der Waals surface area contributed by atoms with Gasteiger partial charge in [-0.1, -0.05) is 61.2 Å². The minimum absolute atomic E-state index is 0.0107. The van der Waals surface area contributed by atoms with Gasteiger partial charge in [0.25, 0.3) is 5.91 Å². The molecule has 3 N–H and O–H groups in total. The summed E-state index contributed by atoms with van der Waals surface area (Å²) in [5.74, 6) is -1.80. The second kappa shape index (κ2) is 10.4. The minimum Gasteiger partial charge on any atom is -0.480 e. The number of carbonyl (C=O) groups is 3. The summed E-state index contributed by atoms with van der Waals surface area (Å²) in [6, 6.07) is 14.0. The van der Waals surface area contributed by atoms with E-state index in [1.807, 2.05) is 30.3 Å². The summed E-state index contributed by atoms with van der Waals surface area (Å²) >= 11 is 6.28. The highest BCUT2D eigenvalue weighted by Crippen LogP contribution is 2.48. The number of hydrogen-bond donors (Lipinski definition) is 3. The second-order valence-corrected chi connectivity index (χ2v) is 9.55. The highest BCUT2D eigenvalue weighted by Gasteiger charge is 2.46. The molecular formula is C26H29ClN2O4. The molecule has 33 heavy (non-hydrogen) atoms. The number of nitrogens with one attached hydrogen (secondary N) is 2. The molecule has 2 aliphatic rings. The van der Waals surface area contributed by atoms with Crippen LogP contribution in [0.4, 0.5) is 0 Å². The molecule has 2 saturated carbocycles. The number of aliphatic carboxylic acids is 1. The van der Waals surface area contributed by atoms with E-state index < -0.39 is 12.0 Å². The summed E-state index contributed by atoms with van der Waals surface area (Å²) < 4.78 is 0. The molecule has 6 nitrogen and oxygen atoms in total. The number of rotatable bonds is 8. The van der Waals surface area contributed by atoms with Crippen molar-refractivity contribution in [3.05, 3.63) is 70.2 Å². The van der Waals surface area contributed by atoms with Crippen LogP contribution >= 0.6 is 11.6 Å². The zero-order valence-corrected chi connectivity index (χ0v) is 19.2. The summed E-state index contributed by atoms with van der Waals surface area (Å²) in [4.78, 5) is 37.3. The van der Waals surface area contributed by atoms with E-state index in [1.165, 1.54) is 0 Å². The Hall–Kier alpha value is -2.86. The first-order chi connectivity index (χ1) is 15.9. The Balaban J connectivity index is 1.38. The predicted octanol–water partition coefficient (Wildman–Crippen LogP) is 4.52. The van der Waals surface area contributed by atoms with Gasteiger partial charge < -0.3 is 15.7 Å². The van der Waals surface area contributed by atoms with Crippen LogP contribution < -0.4 is 10.6 Å². The van der Waals surface area contributed by atoms with Gasteiger partial charge >= 0.3 is 5.97 Å². The van der Waals surface area contributed by atoms with Crippen LogP contribution in [0, 0.1) is 11.8 Å². The Kier molecular flexibility index (Phi) is 7.33. The third-order valence-corrected chi connectivity index (χ3v) is 6.94. The van der Waals surface area contributed by atoms with Gasteiger partial charge in [0.05, 0.1) is 0 Å². The number of carboxylic acid groups (broad SMARTS) is 1. The summed E-state index contributed by atoms with van der Waals surface area (Å²) in [6.07, 6.45) is 5.43. The summed E-state index contributed by atoms with van der Waals surface area (Å²) in [7, 11) is 0. The molecule has 4 rings (SSSR count). The normalized spacial score (nSPS) is 21.1. The highest BCUT2D eigenvalue weighted by atomic mass is 35.5. The van der Waals surface area contributed by atoms with Gasteiger partial charge in [0.15, 0.2) is 0 Å². The molecule has 3 atom stereocenters. The van der Waals surface area contributed by atoms with E-state index in [4.69, 9.17) is 11.6 Å². The average molecular weight is 469 g/mol. The molecule has 0 spiro atoms. The maximum absolute atomic E-state index is 12.8. The van der Waals surface area contributed by atoms with E-state index >= 15 is 0 Å². The van der Waals surface area contributed by atoms with Crippen LogP contribution in [0.15, 0.2) is 48.5 Å². The number of amides is 2. The lowest BCUT2D eigenvalue weighted by atomic mass is 9.84. The van der Waals surface area contributed by atoms with Crippen LogP contribution in [0.1, 0.15) is 65.9 Å². The molecule has 0 heterocycles. The van der Waals surface area contributed by atoms with Crippen molar-refractivity contribution in [2.24, 2.45) is 11.8 Å². The molecule has 2 aromatic carbocycles. The number of carbonyl (C=O) groups excluding carboxylic acids is 2. The number of halogens is 1. The van der Waals surface area contributed by atoms with Crippen LogP contribution in [0.2, 0.25) is 5.02 Å². The SMILES string of the molecule is O=C(NCc1ccccc1)c1cc(Cl)cc([C@@H]2CC2C(=O)N[C@H](C(=O)O)C2CCCCC2)c1. The van der Waals surface area contributed by atoms with E-state index in [0.29, 0.717) is 23.6 Å². The maximum atomic E-state index is 12.8. The molecule has 7 heteroatoms. The van der Waals surface area contributed by atoms with Crippen molar-refractivity contribution >= 4 is 29.4 Å². The summed E-state index contributed by atoms with van der Waals surface area (Å²) in [6.45, 7) is 0.410. The van der Waals surface area contributed by atoms with Crippen LogP contribution in [0.25, 0.3) is 0 Å². The molecule has 2 aliphatic carbocycles. The molecule has 0 bridgehead atoms. The van der Waals surface area contributed by atoms with Gasteiger partial charge in [-0.05, 0) is 60.4 Å². The molecule has 174 valence electrons. The molecule has 0 aromatic heterocycles. The molecular weight excluding hydrogens is 440 g/mol. The molecule has 2 aromatic rings. The van der Waals surface area contributed by atoms with Gasteiger partial charge in [0, 0.05) is 23.0 Å². The smallest absolute Gasteiger partial charge is 0.326 e. The number of benzene rings is 2. The fourth-order valence-corrected chi connectivity index (χ4v) is 5.04. The van der Waals surface area contributed by atoms with Crippen LogP contribution in [0.5, 0.6) is 0 Å². The van der Waals surface area contributed by atoms with E-state index in [-0.39, 0.29) is 29.6 Å². The summed E-state index contributed by atoms with van der Waals surface area (Å²) in [5, 5.41) is 15.8. The molecule has 0 radical (unpaired) electrons. The Morgan fingerprint density at radius 3 is 2.45 bits per heavy atom. The fraction of sp³-hybridized carbons (Fsp3) is 0.423. The molecule has 2 amide bonds. The van der Waals surface area contributed by atoms with Gasteiger partial charge in [-0.25, -0.2) is 4.79 Å². The van der Waals surface area contributed by atoms with Crippen LogP contribution in [-0.4, -0.2) is 28.9 Å². The Labute approximate surface area is 198 Å². The quantitative estimate of drug-likeness (QED) is 0.530. The molecule has 0 aliphatic heterocycles. The van der Waals surface area contributed by atoms with Gasteiger partial charge in [-0.3, -0.25) is 9.59 Å². The fourth-order valence-electron chi connectivity index (χ4n) is 4.80. The standard InChI is InChI=1S/C26H29ClN2O4/c27-20-12-18(11-19(13-20)24(30)28-15-16-7-3-1-4-8-16)21-14-22(21)25(31)29-23(26(32)33)17-9-5-2-6-10-17/h1,3-4,7-8,11-13,17,21-23H,2,5-6,9-10,14-15H2,(H,28,30)(H,29,31)(H,32,33)/t21-,22?,23-/m0/s1. The zero-order chi connectivity index (χ0) is 23.4. The molecule has 0 saturated heterocycles. The van der Waals surface area contributed by atoms with E-state index in [0.717, 1.165) is 43.2 Å². The van der Waals surface area contributed by atoms with Crippen LogP contribution in [0.3, 0.4) is 0 Å². The lowest BCUT2D eigenvalue weighted by Crippen LogP contribution is -2.47. The Bertz CT molecular complexity index is 1020. The van der Waals surface area contributed by atoms with Gasteiger partial charge in [0.2, 0.25) is 5.91 Å². The first kappa shape index (κ1) is 23.3. The lowest BCUT2D eigenvalue weighted by molar-refractivity contribution is -0.144. The van der Waals surface area contributed by atoms with Crippen molar-refractivity contribution in [2.75, 3.05) is 0 Å². The van der Waals surface area contributed by atoms with Crippen molar-refractivity contribution in [3.63, 3.8) is 0 Å². The average Bonchev–Trinajstić information content (AvgIpc) is 3.63. The first-order valence-electron chi connectivity index (χ1n) is 11.6. The number of hydrogen-bond acceptors (Lipinski definition) is 3. The Morgan fingerprint density at radius 1 is 1.03 bits per heavy atom. The summed E-state index contributed by atoms with van der Waals surface area (Å²) in [5.41, 5.74) is 2.28.